The smallest absolute Gasteiger partial charge is 0.257 e. The van der Waals surface area contributed by atoms with E-state index in [9.17, 15) is 9.18 Å². The number of carbonyl (C=O) groups is 1. The highest BCUT2D eigenvalue weighted by Crippen LogP contribution is 2.29. The zero-order valence-electron chi connectivity index (χ0n) is 15.1. The average Bonchev–Trinajstić information content (AvgIpc) is 3.36. The minimum Gasteiger partial charge on any atom is -0.420 e. The first kappa shape index (κ1) is 19.2. The van der Waals surface area contributed by atoms with Crippen LogP contribution in [0.4, 0.5) is 9.52 Å². The molecule has 4 aromatic rings. The molecule has 0 saturated heterocycles. The second-order valence-electron chi connectivity index (χ2n) is 5.94. The van der Waals surface area contributed by atoms with Gasteiger partial charge in [0.2, 0.25) is 16.9 Å². The number of hydrogen-bond donors (Lipinski definition) is 1. The number of benzene rings is 2. The molecule has 0 radical (unpaired) electrons. The first-order valence-corrected chi connectivity index (χ1v) is 10.3. The number of nitrogens with one attached hydrogen (secondary N) is 1. The Morgan fingerprint density at radius 2 is 2.00 bits per heavy atom. The summed E-state index contributed by atoms with van der Waals surface area (Å²) in [5.41, 5.74) is 2.16. The molecule has 0 saturated carbocycles. The third-order valence-electron chi connectivity index (χ3n) is 3.88. The van der Waals surface area contributed by atoms with Crippen molar-refractivity contribution in [1.82, 2.24) is 20.4 Å². The van der Waals surface area contributed by atoms with E-state index in [4.69, 9.17) is 4.42 Å². The summed E-state index contributed by atoms with van der Waals surface area (Å²) in [4.78, 5) is 12.1. The topological polar surface area (TPSA) is 93.8 Å². The van der Waals surface area contributed by atoms with Crippen molar-refractivity contribution >= 4 is 34.1 Å². The molecular weight excluding hydrogens is 413 g/mol. The molecule has 0 aliphatic carbocycles. The van der Waals surface area contributed by atoms with Gasteiger partial charge in [-0.05, 0) is 36.8 Å². The lowest BCUT2D eigenvalue weighted by Crippen LogP contribution is -2.11. The van der Waals surface area contributed by atoms with Crippen LogP contribution in [0, 0.1) is 12.7 Å². The Kier molecular flexibility index (Phi) is 5.63. The van der Waals surface area contributed by atoms with E-state index in [1.54, 1.807) is 0 Å². The summed E-state index contributed by atoms with van der Waals surface area (Å²) in [6.45, 7) is 1.98. The van der Waals surface area contributed by atoms with E-state index in [-0.39, 0.29) is 5.56 Å². The second-order valence-corrected chi connectivity index (χ2v) is 8.14. The second kappa shape index (κ2) is 8.50. The lowest BCUT2D eigenvalue weighted by molar-refractivity contribution is 0.102. The van der Waals surface area contributed by atoms with Crippen molar-refractivity contribution in [1.29, 1.82) is 0 Å². The van der Waals surface area contributed by atoms with Crippen molar-refractivity contribution < 1.29 is 13.6 Å². The van der Waals surface area contributed by atoms with Gasteiger partial charge in [0, 0.05) is 11.1 Å². The first-order chi connectivity index (χ1) is 14.1. The summed E-state index contributed by atoms with van der Waals surface area (Å²) in [7, 11) is 0. The van der Waals surface area contributed by atoms with Gasteiger partial charge in [-0.2, -0.15) is 0 Å². The van der Waals surface area contributed by atoms with E-state index in [0.717, 1.165) is 17.2 Å². The van der Waals surface area contributed by atoms with Gasteiger partial charge in [-0.15, -0.1) is 20.4 Å². The quantitative estimate of drug-likeness (QED) is 0.355. The van der Waals surface area contributed by atoms with Crippen LogP contribution >= 0.6 is 23.1 Å². The van der Waals surface area contributed by atoms with Crippen molar-refractivity contribution in [2.24, 2.45) is 0 Å². The fourth-order valence-corrected chi connectivity index (χ4v) is 4.06. The van der Waals surface area contributed by atoms with Crippen LogP contribution in [0.25, 0.3) is 11.5 Å². The fraction of sp³-hybridized carbons (Fsp3) is 0.105. The van der Waals surface area contributed by atoms with Crippen LogP contribution in [-0.4, -0.2) is 26.3 Å². The van der Waals surface area contributed by atoms with E-state index in [2.05, 4.69) is 25.7 Å². The summed E-state index contributed by atoms with van der Waals surface area (Å²) in [5.74, 6) is 0.436. The number of nitrogens with zero attached hydrogens (tertiary/aromatic N) is 4. The zero-order chi connectivity index (χ0) is 20.2. The van der Waals surface area contributed by atoms with Crippen LogP contribution in [-0.2, 0) is 5.75 Å². The number of carbonyl (C=O) groups excluding carboxylic acids is 1. The maximum atomic E-state index is 13.2. The molecule has 4 rings (SSSR count). The lowest BCUT2D eigenvalue weighted by Gasteiger charge is -2.00. The summed E-state index contributed by atoms with van der Waals surface area (Å²) in [6, 6.07) is 13.2. The third kappa shape index (κ3) is 4.66. The highest BCUT2D eigenvalue weighted by molar-refractivity contribution is 8.00. The number of aromatic nitrogens is 4. The van der Waals surface area contributed by atoms with Crippen molar-refractivity contribution in [3.8, 4) is 11.5 Å². The lowest BCUT2D eigenvalue weighted by atomic mass is 10.1. The van der Waals surface area contributed by atoms with Gasteiger partial charge in [0.15, 0.2) is 4.34 Å². The van der Waals surface area contributed by atoms with Crippen LogP contribution in [0.1, 0.15) is 21.8 Å². The highest BCUT2D eigenvalue weighted by Gasteiger charge is 2.14. The number of thioether (sulfide) groups is 1. The van der Waals surface area contributed by atoms with Crippen molar-refractivity contribution in [2.75, 3.05) is 5.32 Å². The third-order valence-corrected chi connectivity index (χ3v) is 5.83. The first-order valence-electron chi connectivity index (χ1n) is 8.50. The van der Waals surface area contributed by atoms with Gasteiger partial charge in [0.1, 0.15) is 5.82 Å². The molecule has 0 bridgehead atoms. The van der Waals surface area contributed by atoms with Crippen LogP contribution in [0.2, 0.25) is 0 Å². The molecule has 1 amide bonds. The number of anilines is 1. The molecule has 0 aliphatic heterocycles. The summed E-state index contributed by atoms with van der Waals surface area (Å²) < 4.78 is 19.6. The van der Waals surface area contributed by atoms with E-state index in [1.165, 1.54) is 41.3 Å². The Morgan fingerprint density at radius 1 is 1.14 bits per heavy atom. The molecule has 146 valence electrons. The molecular formula is C19H14FN5O2S2. The van der Waals surface area contributed by atoms with E-state index in [0.29, 0.717) is 27.0 Å². The van der Waals surface area contributed by atoms with Crippen LogP contribution in [0.5, 0.6) is 0 Å². The summed E-state index contributed by atoms with van der Waals surface area (Å²) in [5, 5.41) is 19.1. The molecule has 2 aromatic carbocycles. The molecule has 1 N–H and O–H groups in total. The number of halogens is 1. The maximum absolute atomic E-state index is 13.2. The van der Waals surface area contributed by atoms with Gasteiger partial charge in [-0.25, -0.2) is 4.39 Å². The van der Waals surface area contributed by atoms with Crippen molar-refractivity contribution in [2.45, 2.75) is 17.0 Å². The van der Waals surface area contributed by atoms with Gasteiger partial charge >= 0.3 is 0 Å². The molecule has 0 unspecified atom stereocenters. The Balaban J connectivity index is 1.36. The van der Waals surface area contributed by atoms with E-state index >= 15 is 0 Å². The molecule has 2 heterocycles. The number of aryl methyl sites for hydroxylation is 1. The minimum atomic E-state index is -0.476. The Morgan fingerprint density at radius 3 is 2.83 bits per heavy atom. The zero-order valence-corrected chi connectivity index (χ0v) is 16.8. The molecule has 7 nitrogen and oxygen atoms in total. The van der Waals surface area contributed by atoms with Crippen LogP contribution in [0.3, 0.4) is 0 Å². The van der Waals surface area contributed by atoms with Crippen molar-refractivity contribution in [3.05, 3.63) is 71.4 Å². The Bertz CT molecular complexity index is 1160. The van der Waals surface area contributed by atoms with Gasteiger partial charge in [-0.1, -0.05) is 47.4 Å². The predicted octanol–water partition coefficient (Wildman–Crippen LogP) is 4.58. The monoisotopic (exact) mass is 427 g/mol. The van der Waals surface area contributed by atoms with Crippen LogP contribution < -0.4 is 5.32 Å². The summed E-state index contributed by atoms with van der Waals surface area (Å²) >= 11 is 2.58. The fourth-order valence-electron chi connectivity index (χ4n) is 2.47. The standard InChI is InChI=1S/C19H14FN5O2S2/c1-11-5-2-3-8-14(11)17-23-22-15(27-17)10-28-19-25-24-18(29-19)21-16(26)12-6-4-7-13(20)9-12/h2-9H,10H2,1H3,(H,21,24,26). The van der Waals surface area contributed by atoms with Gasteiger partial charge in [0.25, 0.3) is 5.91 Å². The summed E-state index contributed by atoms with van der Waals surface area (Å²) in [6.07, 6.45) is 0. The van der Waals surface area contributed by atoms with Gasteiger partial charge in [-0.3, -0.25) is 10.1 Å². The molecule has 0 aliphatic rings. The maximum Gasteiger partial charge on any atom is 0.257 e. The number of amides is 1. The van der Waals surface area contributed by atoms with E-state index < -0.39 is 11.7 Å². The largest absolute Gasteiger partial charge is 0.420 e. The molecule has 0 atom stereocenters. The molecule has 10 heteroatoms. The normalized spacial score (nSPS) is 10.8. The SMILES string of the molecule is Cc1ccccc1-c1nnc(CSc2nnc(NC(=O)c3cccc(F)c3)s2)o1. The van der Waals surface area contributed by atoms with Crippen LogP contribution in [0.15, 0.2) is 57.3 Å². The molecule has 0 fully saturated rings. The molecule has 0 spiro atoms. The Hall–Kier alpha value is -3.11. The molecule has 2 aromatic heterocycles. The van der Waals surface area contributed by atoms with Gasteiger partial charge < -0.3 is 4.42 Å². The minimum absolute atomic E-state index is 0.212. The van der Waals surface area contributed by atoms with Crippen molar-refractivity contribution in [3.63, 3.8) is 0 Å². The Labute approximate surface area is 173 Å². The average molecular weight is 427 g/mol. The highest BCUT2D eigenvalue weighted by atomic mass is 32.2. The predicted molar refractivity (Wildman–Crippen MR) is 108 cm³/mol. The van der Waals surface area contributed by atoms with Gasteiger partial charge in [0.05, 0.1) is 5.75 Å². The van der Waals surface area contributed by atoms with E-state index in [1.807, 2.05) is 31.2 Å². The number of hydrogen-bond acceptors (Lipinski definition) is 8. The number of rotatable bonds is 6. The molecule has 29 heavy (non-hydrogen) atoms.